The number of fused-ring (bicyclic) bond motifs is 1. The Bertz CT molecular complexity index is 896. The number of nitrogens with zero attached hydrogens (tertiary/aromatic N) is 1. The highest BCUT2D eigenvalue weighted by Crippen LogP contribution is 2.31. The zero-order chi connectivity index (χ0) is 18.0. The third kappa shape index (κ3) is 3.96. The normalized spacial score (nSPS) is 11.6. The van der Waals surface area contributed by atoms with Gasteiger partial charge in [0.05, 0.1) is 17.3 Å². The molecule has 25 heavy (non-hydrogen) atoms. The Hall–Kier alpha value is -2.47. The summed E-state index contributed by atoms with van der Waals surface area (Å²) in [6.45, 7) is 1.27. The Morgan fingerprint density at radius 3 is 2.52 bits per heavy atom. The maximum atomic E-state index is 12.4. The number of aromatic nitrogens is 1. The molecule has 0 bridgehead atoms. The Labute approximate surface area is 148 Å². The van der Waals surface area contributed by atoms with Gasteiger partial charge in [-0.05, 0) is 60.9 Å². The molecular weight excluding hydrogens is 344 g/mol. The molecule has 130 valence electrons. The Morgan fingerprint density at radius 1 is 1.04 bits per heavy atom. The van der Waals surface area contributed by atoms with Crippen LogP contribution in [0, 0.1) is 13.8 Å². The summed E-state index contributed by atoms with van der Waals surface area (Å²) in [4.78, 5) is 4.61. The van der Waals surface area contributed by atoms with E-state index in [2.05, 4.69) is 35.7 Å². The van der Waals surface area contributed by atoms with E-state index in [1.54, 1.807) is 23.5 Å². The molecule has 0 N–H and O–H groups in total. The van der Waals surface area contributed by atoms with Crippen molar-refractivity contribution in [2.24, 2.45) is 0 Å². The molecule has 1 heterocycles. The van der Waals surface area contributed by atoms with Gasteiger partial charge in [0, 0.05) is 0 Å². The fourth-order valence-corrected chi connectivity index (χ4v) is 3.37. The third-order valence-corrected chi connectivity index (χ3v) is 4.83. The molecule has 1 aromatic heterocycles. The van der Waals surface area contributed by atoms with Crippen molar-refractivity contribution in [2.45, 2.75) is 20.5 Å². The van der Waals surface area contributed by atoms with Crippen LogP contribution >= 0.6 is 11.3 Å². The first-order valence-corrected chi connectivity index (χ1v) is 8.46. The molecule has 0 fully saturated rings. The number of aryl methyl sites for hydroxylation is 2. The van der Waals surface area contributed by atoms with Crippen LogP contribution in [0.1, 0.15) is 21.7 Å². The predicted molar refractivity (Wildman–Crippen MR) is 97.6 cm³/mol. The Balaban J connectivity index is 1.86. The van der Waals surface area contributed by atoms with Crippen molar-refractivity contribution in [3.63, 3.8) is 0 Å². The molecule has 0 unspecified atom stereocenters. The smallest absolute Gasteiger partial charge is 0.387 e. The van der Waals surface area contributed by atoms with Crippen LogP contribution in [0.15, 0.2) is 30.3 Å². The number of benzene rings is 2. The minimum Gasteiger partial charge on any atom is -0.493 e. The molecule has 2 aromatic carbocycles. The quantitative estimate of drug-likeness (QED) is 0.585. The zero-order valence-electron chi connectivity index (χ0n) is 14.0. The second-order valence-electron chi connectivity index (χ2n) is 5.58. The van der Waals surface area contributed by atoms with Crippen LogP contribution in [0.2, 0.25) is 0 Å². The van der Waals surface area contributed by atoms with Gasteiger partial charge in [-0.2, -0.15) is 8.78 Å². The summed E-state index contributed by atoms with van der Waals surface area (Å²) in [5.41, 5.74) is 4.25. The Kier molecular flexibility index (Phi) is 4.99. The molecule has 0 atom stereocenters. The average Bonchev–Trinajstić information content (AvgIpc) is 2.95. The lowest BCUT2D eigenvalue weighted by Crippen LogP contribution is -2.03. The highest BCUT2D eigenvalue weighted by atomic mass is 32.1. The monoisotopic (exact) mass is 361 g/mol. The fraction of sp³-hybridized carbons (Fsp3) is 0.211. The van der Waals surface area contributed by atoms with Crippen LogP contribution in [-0.4, -0.2) is 18.7 Å². The van der Waals surface area contributed by atoms with Crippen molar-refractivity contribution >= 4 is 33.7 Å². The third-order valence-electron chi connectivity index (χ3n) is 3.84. The van der Waals surface area contributed by atoms with Gasteiger partial charge < -0.3 is 9.47 Å². The van der Waals surface area contributed by atoms with Gasteiger partial charge in [-0.1, -0.05) is 12.1 Å². The molecule has 0 saturated heterocycles. The van der Waals surface area contributed by atoms with Crippen molar-refractivity contribution in [2.75, 3.05) is 7.11 Å². The summed E-state index contributed by atoms with van der Waals surface area (Å²) in [6.07, 6.45) is 3.77. The lowest BCUT2D eigenvalue weighted by molar-refractivity contribution is -0.0512. The van der Waals surface area contributed by atoms with Crippen molar-refractivity contribution in [1.29, 1.82) is 0 Å². The van der Waals surface area contributed by atoms with E-state index in [9.17, 15) is 8.78 Å². The van der Waals surface area contributed by atoms with E-state index in [0.29, 0.717) is 0 Å². The summed E-state index contributed by atoms with van der Waals surface area (Å²) in [6, 6.07) is 9.03. The van der Waals surface area contributed by atoms with Crippen molar-refractivity contribution in [3.8, 4) is 11.5 Å². The molecule has 0 spiro atoms. The number of rotatable bonds is 5. The maximum Gasteiger partial charge on any atom is 0.387 e. The molecule has 0 aliphatic rings. The van der Waals surface area contributed by atoms with Gasteiger partial charge in [0.1, 0.15) is 5.01 Å². The highest BCUT2D eigenvalue weighted by molar-refractivity contribution is 7.19. The lowest BCUT2D eigenvalue weighted by atomic mass is 10.1. The summed E-state index contributed by atoms with van der Waals surface area (Å²) in [5.74, 6) is 0.276. The summed E-state index contributed by atoms with van der Waals surface area (Å²) in [5, 5.41) is 0.881. The minimum absolute atomic E-state index is 0.0144. The van der Waals surface area contributed by atoms with Crippen molar-refractivity contribution < 1.29 is 18.3 Å². The maximum absolute atomic E-state index is 12.4. The average molecular weight is 361 g/mol. The molecule has 0 amide bonds. The van der Waals surface area contributed by atoms with Crippen LogP contribution in [0.4, 0.5) is 8.78 Å². The van der Waals surface area contributed by atoms with Gasteiger partial charge in [-0.3, -0.25) is 0 Å². The van der Waals surface area contributed by atoms with Gasteiger partial charge in [0.2, 0.25) is 0 Å². The number of alkyl halides is 2. The first-order valence-electron chi connectivity index (χ1n) is 7.65. The molecule has 0 saturated carbocycles. The van der Waals surface area contributed by atoms with Crippen LogP contribution < -0.4 is 9.47 Å². The molecule has 6 heteroatoms. The zero-order valence-corrected chi connectivity index (χ0v) is 14.9. The van der Waals surface area contributed by atoms with Gasteiger partial charge in [0.15, 0.2) is 11.5 Å². The van der Waals surface area contributed by atoms with Crippen LogP contribution in [0.3, 0.4) is 0 Å². The van der Waals surface area contributed by atoms with E-state index >= 15 is 0 Å². The first kappa shape index (κ1) is 17.4. The van der Waals surface area contributed by atoms with E-state index in [1.165, 1.54) is 24.3 Å². The summed E-state index contributed by atoms with van der Waals surface area (Å²) >= 11 is 1.61. The summed E-state index contributed by atoms with van der Waals surface area (Å²) in [7, 11) is 1.42. The van der Waals surface area contributed by atoms with E-state index in [1.807, 2.05) is 12.2 Å². The molecule has 0 aliphatic heterocycles. The summed E-state index contributed by atoms with van der Waals surface area (Å²) < 4.78 is 35.4. The van der Waals surface area contributed by atoms with Crippen LogP contribution in [-0.2, 0) is 0 Å². The minimum atomic E-state index is -2.88. The van der Waals surface area contributed by atoms with Crippen molar-refractivity contribution in [1.82, 2.24) is 4.98 Å². The highest BCUT2D eigenvalue weighted by Gasteiger charge is 2.10. The van der Waals surface area contributed by atoms with E-state index in [4.69, 9.17) is 4.74 Å². The molecule has 3 rings (SSSR count). The molecule has 3 nitrogen and oxygen atoms in total. The first-order chi connectivity index (χ1) is 12.0. The molecule has 0 aliphatic carbocycles. The number of ether oxygens (including phenoxy) is 2. The van der Waals surface area contributed by atoms with Crippen LogP contribution in [0.5, 0.6) is 11.5 Å². The Morgan fingerprint density at radius 2 is 1.80 bits per heavy atom. The lowest BCUT2D eigenvalue weighted by Gasteiger charge is -2.10. The number of methoxy groups -OCH3 is 1. The van der Waals surface area contributed by atoms with Gasteiger partial charge in [0.25, 0.3) is 0 Å². The van der Waals surface area contributed by atoms with Gasteiger partial charge in [-0.15, -0.1) is 11.3 Å². The van der Waals surface area contributed by atoms with Gasteiger partial charge >= 0.3 is 6.61 Å². The van der Waals surface area contributed by atoms with Crippen LogP contribution in [0.25, 0.3) is 22.4 Å². The number of hydrogen-bond acceptors (Lipinski definition) is 4. The second kappa shape index (κ2) is 7.19. The predicted octanol–water partition coefficient (Wildman–Crippen LogP) is 5.69. The number of hydrogen-bond donors (Lipinski definition) is 0. The van der Waals surface area contributed by atoms with Crippen molar-refractivity contribution in [3.05, 3.63) is 52.0 Å². The number of halogens is 2. The molecule has 3 aromatic rings. The fourth-order valence-electron chi connectivity index (χ4n) is 2.42. The SMILES string of the molecule is COc1cc(C=Cc2nc3cc(C)c(C)cc3s2)ccc1OC(F)F. The standard InChI is InChI=1S/C19H17F2NO2S/c1-11-8-14-17(9-12(11)2)25-18(22-14)7-5-13-4-6-15(24-19(20)21)16(10-13)23-3/h4-10,19H,1-3H3. The topological polar surface area (TPSA) is 31.4 Å². The second-order valence-corrected chi connectivity index (χ2v) is 6.64. The van der Waals surface area contributed by atoms with Gasteiger partial charge in [-0.25, -0.2) is 4.98 Å². The molecular formula is C19H17F2NO2S. The largest absolute Gasteiger partial charge is 0.493 e. The van der Waals surface area contributed by atoms with E-state index < -0.39 is 6.61 Å². The molecule has 0 radical (unpaired) electrons. The van der Waals surface area contributed by atoms with E-state index in [-0.39, 0.29) is 11.5 Å². The number of thiazole rings is 1. The van der Waals surface area contributed by atoms with E-state index in [0.717, 1.165) is 20.8 Å².